The zero-order valence-electron chi connectivity index (χ0n) is 15.5. The van der Waals surface area contributed by atoms with Gasteiger partial charge in [0.25, 0.3) is 0 Å². The first kappa shape index (κ1) is 16.2. The fourth-order valence-corrected chi connectivity index (χ4v) is 6.63. The van der Waals surface area contributed by atoms with Crippen molar-refractivity contribution in [2.75, 3.05) is 18.6 Å². The Morgan fingerprint density at radius 1 is 1.25 bits per heavy atom. The van der Waals surface area contributed by atoms with Crippen molar-refractivity contribution in [3.63, 3.8) is 0 Å². The third-order valence-electron chi connectivity index (χ3n) is 7.53. The van der Waals surface area contributed by atoms with Gasteiger partial charge in [-0.05, 0) is 30.9 Å². The molecule has 1 saturated carbocycles. The van der Waals surface area contributed by atoms with Gasteiger partial charge in [-0.15, -0.1) is 0 Å². The summed E-state index contributed by atoms with van der Waals surface area (Å²) in [5, 5.41) is 0. The Labute approximate surface area is 161 Å². The maximum Gasteiger partial charge on any atom is 0.417 e. The molecule has 2 saturated heterocycles. The molecule has 5 aliphatic rings. The molecule has 5 atom stereocenters. The van der Waals surface area contributed by atoms with Gasteiger partial charge < -0.3 is 14.4 Å². The van der Waals surface area contributed by atoms with E-state index in [9.17, 15) is 14.4 Å². The molecule has 0 N–H and O–H groups in total. The van der Waals surface area contributed by atoms with Gasteiger partial charge in [0.05, 0.1) is 24.3 Å². The number of carbonyl (C=O) groups is 3. The number of para-hydroxylation sites is 1. The van der Waals surface area contributed by atoms with Crippen LogP contribution in [0.5, 0.6) is 0 Å². The van der Waals surface area contributed by atoms with Gasteiger partial charge in [-0.25, -0.2) is 9.69 Å². The maximum atomic E-state index is 13.2. The van der Waals surface area contributed by atoms with Crippen LogP contribution in [0.2, 0.25) is 0 Å². The van der Waals surface area contributed by atoms with Crippen molar-refractivity contribution in [1.29, 1.82) is 0 Å². The standard InChI is InChI=1S/C21H20N2O5/c1-27-19(26)23-15-5-3-2-4-12(15)13-8-11-22-16(24)7-10-20(22)9-6-14-17(20)18(25)28-21(13,14)23/h2-5,7,10,13-14,17H,6,8-9,11H2,1H3/t13?,14-,17+,20?,21-/m0/s1. The van der Waals surface area contributed by atoms with Crippen LogP contribution in [0.25, 0.3) is 0 Å². The first-order chi connectivity index (χ1) is 13.5. The number of hydrogen-bond donors (Lipinski definition) is 0. The highest BCUT2D eigenvalue weighted by molar-refractivity contribution is 5.97. The lowest BCUT2D eigenvalue weighted by atomic mass is 9.73. The molecule has 0 radical (unpaired) electrons. The lowest BCUT2D eigenvalue weighted by molar-refractivity contribution is -0.153. The molecular weight excluding hydrogens is 360 g/mol. The molecule has 2 amide bonds. The average molecular weight is 380 g/mol. The summed E-state index contributed by atoms with van der Waals surface area (Å²) >= 11 is 0. The predicted molar refractivity (Wildman–Crippen MR) is 97.3 cm³/mol. The summed E-state index contributed by atoms with van der Waals surface area (Å²) in [4.78, 5) is 42.2. The van der Waals surface area contributed by atoms with Crippen LogP contribution in [0.1, 0.15) is 30.7 Å². The van der Waals surface area contributed by atoms with E-state index in [0.29, 0.717) is 25.8 Å². The molecule has 4 bridgehead atoms. The van der Waals surface area contributed by atoms with Gasteiger partial charge in [0.15, 0.2) is 0 Å². The smallest absolute Gasteiger partial charge is 0.417 e. The molecule has 7 heteroatoms. The van der Waals surface area contributed by atoms with Crippen LogP contribution in [0.15, 0.2) is 36.4 Å². The zero-order valence-corrected chi connectivity index (χ0v) is 15.5. The Morgan fingerprint density at radius 3 is 2.89 bits per heavy atom. The second-order valence-electron chi connectivity index (χ2n) is 8.32. The topological polar surface area (TPSA) is 76.2 Å². The number of benzene rings is 1. The molecule has 28 heavy (non-hydrogen) atoms. The number of fused-ring (bicyclic) bond motifs is 2. The van der Waals surface area contributed by atoms with E-state index >= 15 is 0 Å². The minimum atomic E-state index is -1.08. The Bertz CT molecular complexity index is 973. The van der Waals surface area contributed by atoms with Crippen LogP contribution >= 0.6 is 0 Å². The summed E-state index contributed by atoms with van der Waals surface area (Å²) in [5.41, 5.74) is 0.00955. The fourth-order valence-electron chi connectivity index (χ4n) is 6.63. The monoisotopic (exact) mass is 380 g/mol. The van der Waals surface area contributed by atoms with Crippen molar-refractivity contribution in [2.45, 2.75) is 36.4 Å². The van der Waals surface area contributed by atoms with Gasteiger partial charge in [-0.2, -0.15) is 0 Å². The molecule has 1 aromatic carbocycles. The largest absolute Gasteiger partial charge is 0.452 e. The minimum Gasteiger partial charge on any atom is -0.452 e. The fraction of sp³-hybridized carbons (Fsp3) is 0.476. The molecule has 0 aromatic heterocycles. The number of ether oxygens (including phenoxy) is 2. The Balaban J connectivity index is 1.61. The van der Waals surface area contributed by atoms with E-state index in [4.69, 9.17) is 9.47 Å². The van der Waals surface area contributed by atoms with Crippen LogP contribution < -0.4 is 4.90 Å². The van der Waals surface area contributed by atoms with E-state index in [1.165, 1.54) is 7.11 Å². The summed E-state index contributed by atoms with van der Waals surface area (Å²) in [6.45, 7) is 0.529. The Kier molecular flexibility index (Phi) is 2.86. The molecule has 4 heterocycles. The van der Waals surface area contributed by atoms with Crippen LogP contribution in [-0.2, 0) is 19.1 Å². The lowest BCUT2D eigenvalue weighted by Gasteiger charge is -2.44. The Hall–Kier alpha value is -2.83. The van der Waals surface area contributed by atoms with Crippen LogP contribution in [0, 0.1) is 11.8 Å². The van der Waals surface area contributed by atoms with Crippen molar-refractivity contribution < 1.29 is 23.9 Å². The molecule has 144 valence electrons. The number of anilines is 1. The van der Waals surface area contributed by atoms with Gasteiger partial charge >= 0.3 is 12.1 Å². The normalized spacial score (nSPS) is 39.2. The van der Waals surface area contributed by atoms with Gasteiger partial charge in [0.2, 0.25) is 11.6 Å². The minimum absolute atomic E-state index is 0.0380. The second kappa shape index (κ2) is 4.96. The summed E-state index contributed by atoms with van der Waals surface area (Å²) in [5.74, 6) is -1.19. The van der Waals surface area contributed by atoms with Gasteiger partial charge in [-0.1, -0.05) is 24.3 Å². The number of hydrogen-bond acceptors (Lipinski definition) is 5. The maximum absolute atomic E-state index is 13.2. The van der Waals surface area contributed by atoms with Crippen LogP contribution in [0.4, 0.5) is 10.5 Å². The third kappa shape index (κ3) is 1.53. The zero-order chi connectivity index (χ0) is 19.3. The number of amides is 2. The Morgan fingerprint density at radius 2 is 2.07 bits per heavy atom. The average Bonchev–Trinajstić information content (AvgIpc) is 3.38. The quantitative estimate of drug-likeness (QED) is 0.645. The van der Waals surface area contributed by atoms with E-state index in [1.807, 2.05) is 35.2 Å². The third-order valence-corrected chi connectivity index (χ3v) is 7.53. The number of nitrogens with zero attached hydrogens (tertiary/aromatic N) is 2. The van der Waals surface area contributed by atoms with Crippen LogP contribution in [0.3, 0.4) is 0 Å². The predicted octanol–water partition coefficient (Wildman–Crippen LogP) is 2.18. The molecule has 4 aliphatic heterocycles. The number of esters is 1. The van der Waals surface area contributed by atoms with Crippen molar-refractivity contribution in [3.05, 3.63) is 42.0 Å². The first-order valence-corrected chi connectivity index (χ1v) is 9.75. The van der Waals surface area contributed by atoms with Gasteiger partial charge in [-0.3, -0.25) is 9.59 Å². The van der Waals surface area contributed by atoms with Crippen molar-refractivity contribution >= 4 is 23.7 Å². The van der Waals surface area contributed by atoms with Crippen molar-refractivity contribution in [2.24, 2.45) is 11.8 Å². The molecular formula is C21H20N2O5. The molecule has 2 spiro atoms. The highest BCUT2D eigenvalue weighted by Gasteiger charge is 2.75. The lowest BCUT2D eigenvalue weighted by Crippen LogP contribution is -2.59. The molecule has 2 unspecified atom stereocenters. The molecule has 6 rings (SSSR count). The number of carbonyl (C=O) groups excluding carboxylic acids is 3. The highest BCUT2D eigenvalue weighted by Crippen LogP contribution is 2.66. The highest BCUT2D eigenvalue weighted by atomic mass is 16.6. The van der Waals surface area contributed by atoms with E-state index in [0.717, 1.165) is 11.3 Å². The van der Waals surface area contributed by atoms with E-state index < -0.39 is 23.3 Å². The van der Waals surface area contributed by atoms with Crippen LogP contribution in [-0.4, -0.2) is 47.8 Å². The van der Waals surface area contributed by atoms with Crippen molar-refractivity contribution in [3.8, 4) is 0 Å². The van der Waals surface area contributed by atoms with Gasteiger partial charge in [0.1, 0.15) is 0 Å². The van der Waals surface area contributed by atoms with E-state index in [2.05, 4.69) is 0 Å². The molecule has 3 fully saturated rings. The number of methoxy groups -OCH3 is 1. The summed E-state index contributed by atoms with van der Waals surface area (Å²) < 4.78 is 11.3. The second-order valence-corrected chi connectivity index (χ2v) is 8.32. The summed E-state index contributed by atoms with van der Waals surface area (Å²) in [6, 6.07) is 7.67. The van der Waals surface area contributed by atoms with Crippen molar-refractivity contribution in [1.82, 2.24) is 4.90 Å². The molecule has 1 aliphatic carbocycles. The molecule has 1 aromatic rings. The van der Waals surface area contributed by atoms with Gasteiger partial charge in [0, 0.05) is 24.5 Å². The van der Waals surface area contributed by atoms with E-state index in [1.54, 1.807) is 11.0 Å². The summed E-state index contributed by atoms with van der Waals surface area (Å²) in [7, 11) is 1.35. The summed E-state index contributed by atoms with van der Waals surface area (Å²) in [6.07, 6.45) is 5.01. The molecule has 7 nitrogen and oxygen atoms in total. The van der Waals surface area contributed by atoms with E-state index in [-0.39, 0.29) is 23.7 Å². The first-order valence-electron chi connectivity index (χ1n) is 9.75. The number of rotatable bonds is 0. The SMILES string of the molecule is COC(=O)N1c2ccccc2C2CCN3C(=O)C=CC34CC[C@H]3[C@@H]4C(=O)O[C@@]231.